The summed E-state index contributed by atoms with van der Waals surface area (Å²) in [6.07, 6.45) is 6.85. The monoisotopic (exact) mass is 556 g/mol. The van der Waals surface area contributed by atoms with Gasteiger partial charge in [0.15, 0.2) is 0 Å². The highest BCUT2D eigenvalue weighted by Gasteiger charge is 2.19. The molecule has 0 bridgehead atoms. The Hall–Kier alpha value is -5.88. The van der Waals surface area contributed by atoms with Gasteiger partial charge in [-0.1, -0.05) is 60.7 Å². The molecule has 0 aliphatic heterocycles. The minimum Gasteiger partial charge on any atom is -0.507 e. The zero-order valence-electron chi connectivity index (χ0n) is 23.2. The number of aromatic hydroxyl groups is 1. The van der Waals surface area contributed by atoms with Crippen molar-refractivity contribution in [3.05, 3.63) is 122 Å². The number of hydrogen-bond acceptors (Lipinski definition) is 6. The fraction of sp³-hybridized carbons (Fsp3) is 0.0270. The van der Waals surface area contributed by atoms with E-state index in [2.05, 4.69) is 74.5 Å². The van der Waals surface area contributed by atoms with Crippen molar-refractivity contribution in [2.75, 3.05) is 7.11 Å². The predicted molar refractivity (Wildman–Crippen MR) is 172 cm³/mol. The summed E-state index contributed by atoms with van der Waals surface area (Å²) in [7, 11) is 1.66. The number of ether oxygens (including phenoxy) is 1. The molecule has 6 nitrogen and oxygen atoms in total. The van der Waals surface area contributed by atoms with Gasteiger partial charge >= 0.3 is 0 Å². The van der Waals surface area contributed by atoms with E-state index in [1.807, 2.05) is 36.4 Å². The number of para-hydroxylation sites is 2. The van der Waals surface area contributed by atoms with Crippen LogP contribution in [0.15, 0.2) is 122 Å². The average Bonchev–Trinajstić information content (AvgIpc) is 3.07. The highest BCUT2D eigenvalue weighted by molar-refractivity contribution is 6.11. The van der Waals surface area contributed by atoms with Gasteiger partial charge in [-0.15, -0.1) is 0 Å². The molecule has 0 saturated heterocycles. The van der Waals surface area contributed by atoms with Crippen molar-refractivity contribution in [1.29, 1.82) is 0 Å². The average molecular weight is 557 g/mol. The molecule has 0 aliphatic carbocycles. The number of phenolic OH excluding ortho intramolecular Hbond substituents is 1. The van der Waals surface area contributed by atoms with Crippen LogP contribution in [-0.2, 0) is 0 Å². The molecular weight excluding hydrogens is 532 g/mol. The summed E-state index contributed by atoms with van der Waals surface area (Å²) in [6.45, 7) is 0. The smallest absolute Gasteiger partial charge is 0.127 e. The maximum atomic E-state index is 11.3. The minimum absolute atomic E-state index is 0.190. The lowest BCUT2D eigenvalue weighted by molar-refractivity contribution is 0.416. The van der Waals surface area contributed by atoms with Gasteiger partial charge in [-0.3, -0.25) is 19.9 Å². The first kappa shape index (κ1) is 24.9. The first-order valence-electron chi connectivity index (χ1n) is 14.0. The largest absolute Gasteiger partial charge is 0.507 e. The molecule has 6 heteroatoms. The molecule has 0 unspecified atom stereocenters. The van der Waals surface area contributed by atoms with Crippen molar-refractivity contribution in [3.63, 3.8) is 0 Å². The molecule has 0 radical (unpaired) electrons. The zero-order valence-corrected chi connectivity index (χ0v) is 23.2. The summed E-state index contributed by atoms with van der Waals surface area (Å²) < 4.78 is 5.88. The third kappa shape index (κ3) is 4.03. The second-order valence-electron chi connectivity index (χ2n) is 10.4. The number of benzene rings is 6. The van der Waals surface area contributed by atoms with Gasteiger partial charge < -0.3 is 9.84 Å². The second-order valence-corrected chi connectivity index (χ2v) is 10.4. The van der Waals surface area contributed by atoms with E-state index in [1.165, 1.54) is 0 Å². The van der Waals surface area contributed by atoms with Crippen LogP contribution in [-0.4, -0.2) is 32.2 Å². The Labute approximate surface area is 246 Å². The Kier molecular flexibility index (Phi) is 5.72. The lowest BCUT2D eigenvalue weighted by atomic mass is 9.90. The summed E-state index contributed by atoms with van der Waals surface area (Å²) in [5.74, 6) is 0.878. The number of aromatic nitrogens is 4. The van der Waals surface area contributed by atoms with Crippen LogP contribution in [0.2, 0.25) is 0 Å². The van der Waals surface area contributed by atoms with Crippen LogP contribution >= 0.6 is 0 Å². The number of nitrogens with zero attached hydrogens (tertiary/aromatic N) is 4. The summed E-state index contributed by atoms with van der Waals surface area (Å²) in [5, 5.41) is 15.3. The third-order valence-corrected chi connectivity index (χ3v) is 8.07. The van der Waals surface area contributed by atoms with Gasteiger partial charge in [0, 0.05) is 47.0 Å². The number of fused-ring (bicyclic) bond motifs is 4. The first-order valence-corrected chi connectivity index (χ1v) is 14.0. The Morgan fingerprint density at radius 3 is 1.65 bits per heavy atom. The van der Waals surface area contributed by atoms with Crippen LogP contribution in [0.4, 0.5) is 0 Å². The van der Waals surface area contributed by atoms with Gasteiger partial charge in [0.05, 0.1) is 29.2 Å². The maximum absolute atomic E-state index is 11.3. The third-order valence-electron chi connectivity index (χ3n) is 8.07. The lowest BCUT2D eigenvalue weighted by Gasteiger charge is -2.17. The molecule has 0 amide bonds. The first-order chi connectivity index (χ1) is 21.2. The van der Waals surface area contributed by atoms with E-state index < -0.39 is 0 Å². The Bertz CT molecular complexity index is 2360. The number of rotatable bonds is 4. The Morgan fingerprint density at radius 2 is 1.07 bits per heavy atom. The van der Waals surface area contributed by atoms with Crippen molar-refractivity contribution < 1.29 is 9.84 Å². The minimum atomic E-state index is 0.190. The molecular formula is C37H24N4O2. The van der Waals surface area contributed by atoms with E-state index in [1.54, 1.807) is 38.0 Å². The molecule has 0 atom stereocenters. The Morgan fingerprint density at radius 1 is 0.535 bits per heavy atom. The number of phenols is 1. The van der Waals surface area contributed by atoms with Gasteiger partial charge in [-0.25, -0.2) is 0 Å². The van der Waals surface area contributed by atoms with Crippen molar-refractivity contribution in [3.8, 4) is 44.9 Å². The van der Waals surface area contributed by atoms with Gasteiger partial charge in [0.2, 0.25) is 0 Å². The van der Waals surface area contributed by atoms with Gasteiger partial charge in [-0.05, 0) is 69.1 Å². The molecule has 8 aromatic rings. The van der Waals surface area contributed by atoms with E-state index in [4.69, 9.17) is 4.74 Å². The van der Waals surface area contributed by atoms with E-state index in [0.29, 0.717) is 5.75 Å². The van der Waals surface area contributed by atoms with Crippen LogP contribution in [0.3, 0.4) is 0 Å². The van der Waals surface area contributed by atoms with Crippen molar-refractivity contribution >= 4 is 43.6 Å². The van der Waals surface area contributed by atoms with Crippen molar-refractivity contribution in [2.24, 2.45) is 0 Å². The van der Waals surface area contributed by atoms with Crippen LogP contribution in [0.25, 0.3) is 77.0 Å². The molecule has 0 spiro atoms. The zero-order chi connectivity index (χ0) is 28.9. The standard InChI is InChI=1S/C37H24N4O2/c1-43-33-15-11-23-21-25(29-5-3-7-31-37(29)41-19-17-39-31)9-13-27(23)35(33)34-26-12-8-24(20-22(26)10-14-32(34)42)28-4-2-6-30-36(28)40-18-16-38-30/h2-21,42H,1H3. The molecule has 0 saturated carbocycles. The lowest BCUT2D eigenvalue weighted by Crippen LogP contribution is -1.93. The van der Waals surface area contributed by atoms with Gasteiger partial charge in [0.1, 0.15) is 11.5 Å². The van der Waals surface area contributed by atoms with Crippen LogP contribution in [0, 0.1) is 0 Å². The Balaban J connectivity index is 1.33. The van der Waals surface area contributed by atoms with E-state index in [-0.39, 0.29) is 5.75 Å². The second kappa shape index (κ2) is 9.89. The SMILES string of the molecule is COc1ccc2cc(-c3cccc4nccnc34)ccc2c1-c1c(O)ccc2cc(-c3cccc4nccnc34)ccc12. The van der Waals surface area contributed by atoms with E-state index in [9.17, 15) is 5.11 Å². The molecule has 43 heavy (non-hydrogen) atoms. The van der Waals surface area contributed by atoms with Crippen LogP contribution in [0.1, 0.15) is 0 Å². The molecule has 2 heterocycles. The summed E-state index contributed by atoms with van der Waals surface area (Å²) in [4.78, 5) is 18.1. The highest BCUT2D eigenvalue weighted by atomic mass is 16.5. The highest BCUT2D eigenvalue weighted by Crippen LogP contribution is 2.46. The molecule has 2 aromatic heterocycles. The van der Waals surface area contributed by atoms with Crippen LogP contribution in [0.5, 0.6) is 11.5 Å². The molecule has 1 N–H and O–H groups in total. The van der Waals surface area contributed by atoms with Gasteiger partial charge in [0.25, 0.3) is 0 Å². The van der Waals surface area contributed by atoms with E-state index >= 15 is 0 Å². The topological polar surface area (TPSA) is 81.0 Å². The molecule has 204 valence electrons. The maximum Gasteiger partial charge on any atom is 0.127 e. The fourth-order valence-electron chi connectivity index (χ4n) is 6.11. The quantitative estimate of drug-likeness (QED) is 0.234. The fourth-order valence-corrected chi connectivity index (χ4v) is 6.11. The normalized spacial score (nSPS) is 11.5. The molecule has 0 fully saturated rings. The predicted octanol–water partition coefficient (Wildman–Crippen LogP) is 8.59. The molecule has 8 rings (SSSR count). The van der Waals surface area contributed by atoms with Crippen LogP contribution < -0.4 is 4.74 Å². The van der Waals surface area contributed by atoms with Gasteiger partial charge in [-0.2, -0.15) is 0 Å². The molecule has 0 aliphatic rings. The summed E-state index contributed by atoms with van der Waals surface area (Å²) in [6, 6.07) is 32.4. The van der Waals surface area contributed by atoms with E-state index in [0.717, 1.165) is 77.0 Å². The summed E-state index contributed by atoms with van der Waals surface area (Å²) in [5.41, 5.74) is 9.09. The number of methoxy groups -OCH3 is 1. The molecule has 6 aromatic carbocycles. The van der Waals surface area contributed by atoms with Crippen molar-refractivity contribution in [2.45, 2.75) is 0 Å². The summed E-state index contributed by atoms with van der Waals surface area (Å²) >= 11 is 0. The number of hydrogen-bond donors (Lipinski definition) is 1. The van der Waals surface area contributed by atoms with Crippen molar-refractivity contribution in [1.82, 2.24) is 19.9 Å².